The van der Waals surface area contributed by atoms with Gasteiger partial charge in [-0.05, 0) is 27.2 Å². The molecular formula is C12H22N2O3. The zero-order valence-electron chi connectivity index (χ0n) is 11.3. The highest BCUT2D eigenvalue weighted by Crippen LogP contribution is 2.23. The van der Waals surface area contributed by atoms with Crippen LogP contribution in [0, 0.1) is 5.92 Å². The van der Waals surface area contributed by atoms with Gasteiger partial charge in [-0.25, -0.2) is 4.79 Å². The molecule has 5 heteroatoms. The summed E-state index contributed by atoms with van der Waals surface area (Å²) >= 11 is 0. The normalized spacial score (nSPS) is 22.9. The number of ether oxygens (including phenoxy) is 1. The first-order valence-electron chi connectivity index (χ1n) is 6.01. The minimum Gasteiger partial charge on any atom is -0.469 e. The summed E-state index contributed by atoms with van der Waals surface area (Å²) in [7, 11) is 3.13. The third-order valence-electron chi connectivity index (χ3n) is 3.48. The predicted octanol–water partition coefficient (Wildman–Crippen LogP) is 1.33. The number of hydrogen-bond donors (Lipinski definition) is 0. The number of nitrogens with zero attached hydrogens (tertiary/aromatic N) is 2. The summed E-state index contributed by atoms with van der Waals surface area (Å²) in [5, 5.41) is 0. The fourth-order valence-corrected chi connectivity index (χ4v) is 2.31. The summed E-state index contributed by atoms with van der Waals surface area (Å²) in [6, 6.07) is 0.122. The number of methoxy groups -OCH3 is 1. The number of carbonyl (C=O) groups excluding carboxylic acids is 2. The van der Waals surface area contributed by atoms with Gasteiger partial charge in [-0.2, -0.15) is 0 Å². The van der Waals surface area contributed by atoms with Gasteiger partial charge >= 0.3 is 12.0 Å². The first-order chi connectivity index (χ1) is 7.90. The molecule has 0 saturated carbocycles. The van der Waals surface area contributed by atoms with Crippen molar-refractivity contribution in [3.8, 4) is 0 Å². The fourth-order valence-electron chi connectivity index (χ4n) is 2.31. The van der Waals surface area contributed by atoms with Gasteiger partial charge in [0.2, 0.25) is 0 Å². The highest BCUT2D eigenvalue weighted by atomic mass is 16.5. The van der Waals surface area contributed by atoms with Crippen LogP contribution in [0.3, 0.4) is 0 Å². The van der Waals surface area contributed by atoms with Crippen molar-refractivity contribution in [3.05, 3.63) is 0 Å². The molecule has 5 nitrogen and oxygen atoms in total. The smallest absolute Gasteiger partial charge is 0.320 e. The van der Waals surface area contributed by atoms with Crippen LogP contribution in [0.1, 0.15) is 27.2 Å². The molecule has 1 saturated heterocycles. The maximum Gasteiger partial charge on any atom is 0.320 e. The van der Waals surface area contributed by atoms with Gasteiger partial charge in [0, 0.05) is 25.7 Å². The van der Waals surface area contributed by atoms with Gasteiger partial charge in [0.15, 0.2) is 0 Å². The maximum atomic E-state index is 12.1. The molecule has 0 bridgehead atoms. The number of rotatable bonds is 3. The fraction of sp³-hybridized carbons (Fsp3) is 0.833. The largest absolute Gasteiger partial charge is 0.469 e. The maximum absolute atomic E-state index is 12.1. The van der Waals surface area contributed by atoms with E-state index in [1.165, 1.54) is 7.11 Å². The Morgan fingerprint density at radius 1 is 1.41 bits per heavy atom. The Kier molecular flexibility index (Phi) is 4.37. The molecule has 98 valence electrons. The number of amides is 2. The Hall–Kier alpha value is -1.26. The summed E-state index contributed by atoms with van der Waals surface area (Å²) in [4.78, 5) is 27.1. The van der Waals surface area contributed by atoms with Crippen LogP contribution in [-0.2, 0) is 9.53 Å². The molecular weight excluding hydrogens is 220 g/mol. The molecule has 1 aliphatic heterocycles. The van der Waals surface area contributed by atoms with E-state index in [2.05, 4.69) is 0 Å². The average molecular weight is 242 g/mol. The SMILES string of the molecule is COC(=O)[C@H](C)[C@@H]1CCN(C(C)C)C(=O)N1C. The zero-order chi connectivity index (χ0) is 13.2. The van der Waals surface area contributed by atoms with Crippen LogP contribution in [0.25, 0.3) is 0 Å². The lowest BCUT2D eigenvalue weighted by molar-refractivity contribution is -0.147. The van der Waals surface area contributed by atoms with Crippen LogP contribution in [0.4, 0.5) is 4.79 Å². The van der Waals surface area contributed by atoms with E-state index < -0.39 is 0 Å². The molecule has 0 aromatic rings. The van der Waals surface area contributed by atoms with Crippen LogP contribution in [-0.4, -0.2) is 54.6 Å². The van der Waals surface area contributed by atoms with Gasteiger partial charge in [-0.3, -0.25) is 4.79 Å². The number of carbonyl (C=O) groups is 2. The van der Waals surface area contributed by atoms with Crippen molar-refractivity contribution in [2.45, 2.75) is 39.3 Å². The molecule has 0 radical (unpaired) electrons. The minimum atomic E-state index is -0.275. The summed E-state index contributed by atoms with van der Waals surface area (Å²) in [6.07, 6.45) is 0.802. The topological polar surface area (TPSA) is 49.9 Å². The molecule has 1 aliphatic rings. The van der Waals surface area contributed by atoms with E-state index in [0.717, 1.165) is 6.42 Å². The van der Waals surface area contributed by atoms with Crippen molar-refractivity contribution < 1.29 is 14.3 Å². The van der Waals surface area contributed by atoms with Crippen LogP contribution < -0.4 is 0 Å². The molecule has 17 heavy (non-hydrogen) atoms. The standard InChI is InChI=1S/C12H22N2O3/c1-8(2)14-7-6-10(13(4)12(14)16)9(3)11(15)17-5/h8-10H,6-7H2,1-5H3/t9-,10+/m1/s1. The Labute approximate surface area is 103 Å². The zero-order valence-corrected chi connectivity index (χ0v) is 11.3. The van der Waals surface area contributed by atoms with Crippen molar-refractivity contribution >= 4 is 12.0 Å². The van der Waals surface area contributed by atoms with E-state index in [4.69, 9.17) is 4.74 Å². The predicted molar refractivity (Wildman–Crippen MR) is 64.6 cm³/mol. The number of urea groups is 1. The van der Waals surface area contributed by atoms with Gasteiger partial charge in [0.25, 0.3) is 0 Å². The van der Waals surface area contributed by atoms with Gasteiger partial charge in [0.1, 0.15) is 0 Å². The van der Waals surface area contributed by atoms with Crippen molar-refractivity contribution in [1.82, 2.24) is 9.80 Å². The average Bonchev–Trinajstić information content (AvgIpc) is 2.30. The van der Waals surface area contributed by atoms with Gasteiger partial charge in [0.05, 0.1) is 13.0 Å². The van der Waals surface area contributed by atoms with E-state index in [9.17, 15) is 9.59 Å². The Morgan fingerprint density at radius 3 is 2.47 bits per heavy atom. The summed E-state index contributed by atoms with van der Waals surface area (Å²) in [5.74, 6) is -0.532. The van der Waals surface area contributed by atoms with Crippen molar-refractivity contribution in [3.63, 3.8) is 0 Å². The first-order valence-corrected chi connectivity index (χ1v) is 6.01. The molecule has 1 heterocycles. The lowest BCUT2D eigenvalue weighted by atomic mass is 9.95. The first kappa shape index (κ1) is 13.8. The number of hydrogen-bond acceptors (Lipinski definition) is 3. The van der Waals surface area contributed by atoms with Crippen LogP contribution in [0.15, 0.2) is 0 Å². The molecule has 0 aliphatic carbocycles. The minimum absolute atomic E-state index is 0.00740. The molecule has 0 N–H and O–H groups in total. The van der Waals surface area contributed by atoms with Gasteiger partial charge in [-0.1, -0.05) is 0 Å². The second-order valence-electron chi connectivity index (χ2n) is 4.85. The highest BCUT2D eigenvalue weighted by molar-refractivity contribution is 5.78. The quantitative estimate of drug-likeness (QED) is 0.701. The Morgan fingerprint density at radius 2 is 2.00 bits per heavy atom. The van der Waals surface area contributed by atoms with Gasteiger partial charge < -0.3 is 14.5 Å². The summed E-state index contributed by atoms with van der Waals surface area (Å²) < 4.78 is 4.73. The molecule has 0 aromatic carbocycles. The molecule has 2 atom stereocenters. The van der Waals surface area contributed by atoms with Crippen molar-refractivity contribution in [2.24, 2.45) is 5.92 Å². The van der Waals surface area contributed by atoms with Crippen molar-refractivity contribution in [2.75, 3.05) is 20.7 Å². The van der Waals surface area contributed by atoms with Crippen LogP contribution in [0.5, 0.6) is 0 Å². The van der Waals surface area contributed by atoms with E-state index in [1.807, 2.05) is 25.7 Å². The lowest BCUT2D eigenvalue weighted by Gasteiger charge is -2.42. The second-order valence-corrected chi connectivity index (χ2v) is 4.85. The van der Waals surface area contributed by atoms with E-state index in [0.29, 0.717) is 6.54 Å². The summed E-state index contributed by atoms with van der Waals surface area (Å²) in [6.45, 7) is 6.50. The lowest BCUT2D eigenvalue weighted by Crippen LogP contribution is -2.57. The Bertz CT molecular complexity index is 304. The third kappa shape index (κ3) is 2.70. The molecule has 0 aromatic heterocycles. The van der Waals surface area contributed by atoms with E-state index >= 15 is 0 Å². The van der Waals surface area contributed by atoms with E-state index in [-0.39, 0.29) is 30.0 Å². The molecule has 2 amide bonds. The third-order valence-corrected chi connectivity index (χ3v) is 3.48. The monoisotopic (exact) mass is 242 g/mol. The van der Waals surface area contributed by atoms with Crippen molar-refractivity contribution in [1.29, 1.82) is 0 Å². The van der Waals surface area contributed by atoms with Crippen LogP contribution in [0.2, 0.25) is 0 Å². The number of esters is 1. The summed E-state index contributed by atoms with van der Waals surface area (Å²) in [5.41, 5.74) is 0. The van der Waals surface area contributed by atoms with Gasteiger partial charge in [-0.15, -0.1) is 0 Å². The highest BCUT2D eigenvalue weighted by Gasteiger charge is 2.37. The molecule has 1 rings (SSSR count). The second kappa shape index (κ2) is 5.38. The molecule has 1 fully saturated rings. The van der Waals surface area contributed by atoms with Crippen LogP contribution >= 0.6 is 0 Å². The molecule has 0 unspecified atom stereocenters. The Balaban J connectivity index is 2.75. The van der Waals surface area contributed by atoms with E-state index in [1.54, 1.807) is 11.9 Å². The molecule has 0 spiro atoms.